The molecule has 148 valence electrons. The third-order valence-electron chi connectivity index (χ3n) is 4.85. The minimum Gasteiger partial charge on any atom is -0.371 e. The molecular weight excluding hydrogens is 354 g/mol. The Hall–Kier alpha value is -2.86. The average molecular weight is 381 g/mol. The Morgan fingerprint density at radius 1 is 1.07 bits per heavy atom. The summed E-state index contributed by atoms with van der Waals surface area (Å²) in [5.41, 5.74) is 2.25. The van der Waals surface area contributed by atoms with Crippen LogP contribution >= 0.6 is 0 Å². The quantitative estimate of drug-likeness (QED) is 0.802. The van der Waals surface area contributed by atoms with Crippen molar-refractivity contribution in [2.24, 2.45) is 0 Å². The van der Waals surface area contributed by atoms with Gasteiger partial charge < -0.3 is 20.3 Å². The minimum absolute atomic E-state index is 0.00705. The molecule has 0 unspecified atom stereocenters. The number of benzene rings is 2. The topological polar surface area (TPSA) is 70.7 Å². The van der Waals surface area contributed by atoms with Crippen LogP contribution in [0.5, 0.6) is 0 Å². The molecule has 3 rings (SSSR count). The Labute approximate surface area is 165 Å². The minimum atomic E-state index is -0.283. The van der Waals surface area contributed by atoms with E-state index in [1.807, 2.05) is 30.3 Å². The van der Waals surface area contributed by atoms with Crippen molar-refractivity contribution in [1.82, 2.24) is 10.2 Å². The highest BCUT2D eigenvalue weighted by atomic mass is 16.5. The van der Waals surface area contributed by atoms with E-state index >= 15 is 0 Å². The van der Waals surface area contributed by atoms with Crippen LogP contribution in [-0.2, 0) is 11.3 Å². The van der Waals surface area contributed by atoms with Gasteiger partial charge in [0.05, 0.1) is 18.8 Å². The molecule has 6 heteroatoms. The largest absolute Gasteiger partial charge is 0.371 e. The van der Waals surface area contributed by atoms with Crippen molar-refractivity contribution >= 4 is 17.6 Å². The Morgan fingerprint density at radius 3 is 2.61 bits per heavy atom. The molecule has 0 radical (unpaired) electrons. The highest BCUT2D eigenvalue weighted by Crippen LogP contribution is 2.23. The molecule has 1 aliphatic carbocycles. The maximum atomic E-state index is 12.4. The molecule has 0 aromatic heterocycles. The summed E-state index contributed by atoms with van der Waals surface area (Å²) in [5.74, 6) is -0.103. The number of carbonyl (C=O) groups excluding carboxylic acids is 2. The second kappa shape index (κ2) is 9.37. The highest BCUT2D eigenvalue weighted by Gasteiger charge is 2.29. The van der Waals surface area contributed by atoms with Gasteiger partial charge in [-0.25, -0.2) is 4.79 Å². The smallest absolute Gasteiger partial charge is 0.319 e. The standard InChI is InChI=1S/C22H27N3O3/c1-25(2)21(26)17-10-6-11-18(14-17)23-22(27)24-19-12-7-13-20(19)28-15-16-8-4-3-5-9-16/h3-6,8-11,14,19-20H,7,12-13,15H2,1-2H3,(H2,23,24,27)/t19-,20-/m1/s1. The summed E-state index contributed by atoms with van der Waals surface area (Å²) in [4.78, 5) is 26.0. The van der Waals surface area contributed by atoms with Crippen molar-refractivity contribution in [3.05, 3.63) is 65.7 Å². The average Bonchev–Trinajstić information content (AvgIpc) is 3.13. The molecule has 2 aromatic rings. The van der Waals surface area contributed by atoms with Crippen LogP contribution in [0.2, 0.25) is 0 Å². The number of ether oxygens (including phenoxy) is 1. The van der Waals surface area contributed by atoms with Gasteiger partial charge in [0.1, 0.15) is 0 Å². The molecule has 3 amide bonds. The van der Waals surface area contributed by atoms with Crippen molar-refractivity contribution < 1.29 is 14.3 Å². The zero-order chi connectivity index (χ0) is 19.9. The zero-order valence-corrected chi connectivity index (χ0v) is 16.4. The lowest BCUT2D eigenvalue weighted by atomic mass is 10.2. The van der Waals surface area contributed by atoms with Gasteiger partial charge in [-0.1, -0.05) is 36.4 Å². The number of nitrogens with one attached hydrogen (secondary N) is 2. The Balaban J connectivity index is 1.54. The number of carbonyl (C=O) groups is 2. The summed E-state index contributed by atoms with van der Waals surface area (Å²) < 4.78 is 6.04. The number of hydrogen-bond donors (Lipinski definition) is 2. The number of urea groups is 1. The summed E-state index contributed by atoms with van der Waals surface area (Å²) in [6.07, 6.45) is 2.86. The summed E-state index contributed by atoms with van der Waals surface area (Å²) in [6, 6.07) is 16.7. The van der Waals surface area contributed by atoms with Gasteiger partial charge in [-0.2, -0.15) is 0 Å². The fraction of sp³-hybridized carbons (Fsp3) is 0.364. The van der Waals surface area contributed by atoms with E-state index in [0.717, 1.165) is 24.8 Å². The number of amides is 3. The summed E-state index contributed by atoms with van der Waals surface area (Å²) in [7, 11) is 3.40. The molecule has 6 nitrogen and oxygen atoms in total. The molecule has 0 saturated heterocycles. The van der Waals surface area contributed by atoms with Crippen LogP contribution < -0.4 is 10.6 Å². The molecule has 2 aromatic carbocycles. The SMILES string of the molecule is CN(C)C(=O)c1cccc(NC(=O)N[C@@H]2CCC[C@H]2OCc2ccccc2)c1. The number of hydrogen-bond acceptors (Lipinski definition) is 3. The lowest BCUT2D eigenvalue weighted by Crippen LogP contribution is -2.43. The molecule has 0 aliphatic heterocycles. The maximum Gasteiger partial charge on any atom is 0.319 e. The summed E-state index contributed by atoms with van der Waals surface area (Å²) in [5, 5.41) is 5.84. The lowest BCUT2D eigenvalue weighted by molar-refractivity contribution is 0.0305. The first-order valence-electron chi connectivity index (χ1n) is 9.57. The second-order valence-electron chi connectivity index (χ2n) is 7.25. The second-order valence-corrected chi connectivity index (χ2v) is 7.25. The van der Waals surface area contributed by atoms with Crippen LogP contribution in [0.3, 0.4) is 0 Å². The third kappa shape index (κ3) is 5.33. The summed E-state index contributed by atoms with van der Waals surface area (Å²) in [6.45, 7) is 0.542. The predicted octanol–water partition coefficient (Wildman–Crippen LogP) is 3.65. The van der Waals surface area contributed by atoms with Crippen LogP contribution in [0.4, 0.5) is 10.5 Å². The fourth-order valence-electron chi connectivity index (χ4n) is 3.39. The van der Waals surface area contributed by atoms with Gasteiger partial charge in [0.25, 0.3) is 5.91 Å². The molecule has 1 saturated carbocycles. The van der Waals surface area contributed by atoms with Gasteiger partial charge in [0.15, 0.2) is 0 Å². The van der Waals surface area contributed by atoms with Crippen molar-refractivity contribution in [2.45, 2.75) is 38.0 Å². The van der Waals surface area contributed by atoms with Crippen molar-refractivity contribution in [3.8, 4) is 0 Å². The molecular formula is C22H27N3O3. The normalized spacial score (nSPS) is 18.5. The zero-order valence-electron chi connectivity index (χ0n) is 16.4. The van der Waals surface area contributed by atoms with Crippen LogP contribution in [0, 0.1) is 0 Å². The molecule has 2 atom stereocenters. The van der Waals surface area contributed by atoms with Gasteiger partial charge in [0.2, 0.25) is 0 Å². The van der Waals surface area contributed by atoms with Crippen LogP contribution in [0.25, 0.3) is 0 Å². The molecule has 0 bridgehead atoms. The predicted molar refractivity (Wildman–Crippen MR) is 109 cm³/mol. The first-order chi connectivity index (χ1) is 13.5. The highest BCUT2D eigenvalue weighted by molar-refractivity contribution is 5.96. The molecule has 1 fully saturated rings. The molecule has 28 heavy (non-hydrogen) atoms. The number of rotatable bonds is 6. The van der Waals surface area contributed by atoms with Crippen molar-refractivity contribution in [1.29, 1.82) is 0 Å². The van der Waals surface area contributed by atoms with E-state index in [-0.39, 0.29) is 24.1 Å². The molecule has 2 N–H and O–H groups in total. The Morgan fingerprint density at radius 2 is 1.86 bits per heavy atom. The monoisotopic (exact) mass is 381 g/mol. The van der Waals surface area contributed by atoms with E-state index in [0.29, 0.717) is 17.9 Å². The van der Waals surface area contributed by atoms with Gasteiger partial charge in [-0.15, -0.1) is 0 Å². The van der Waals surface area contributed by atoms with E-state index in [9.17, 15) is 9.59 Å². The van der Waals surface area contributed by atoms with Gasteiger partial charge >= 0.3 is 6.03 Å². The third-order valence-corrected chi connectivity index (χ3v) is 4.85. The van der Waals surface area contributed by atoms with E-state index in [2.05, 4.69) is 10.6 Å². The van der Waals surface area contributed by atoms with Crippen molar-refractivity contribution in [2.75, 3.05) is 19.4 Å². The van der Waals surface area contributed by atoms with Crippen LogP contribution in [-0.4, -0.2) is 43.1 Å². The maximum absolute atomic E-state index is 12.4. The fourth-order valence-corrected chi connectivity index (χ4v) is 3.39. The van der Waals surface area contributed by atoms with E-state index in [1.165, 1.54) is 4.90 Å². The molecule has 0 spiro atoms. The van der Waals surface area contributed by atoms with Gasteiger partial charge in [-0.3, -0.25) is 4.79 Å². The molecule has 0 heterocycles. The summed E-state index contributed by atoms with van der Waals surface area (Å²) >= 11 is 0. The molecule has 1 aliphatic rings. The van der Waals surface area contributed by atoms with E-state index in [4.69, 9.17) is 4.74 Å². The van der Waals surface area contributed by atoms with Gasteiger partial charge in [0, 0.05) is 25.3 Å². The van der Waals surface area contributed by atoms with Crippen molar-refractivity contribution in [3.63, 3.8) is 0 Å². The first-order valence-corrected chi connectivity index (χ1v) is 9.57. The Kier molecular flexibility index (Phi) is 6.66. The lowest BCUT2D eigenvalue weighted by Gasteiger charge is -2.22. The Bertz CT molecular complexity index is 808. The number of nitrogens with zero attached hydrogens (tertiary/aromatic N) is 1. The first kappa shape index (κ1) is 19.9. The number of anilines is 1. The van der Waals surface area contributed by atoms with Crippen LogP contribution in [0.15, 0.2) is 54.6 Å². The van der Waals surface area contributed by atoms with E-state index < -0.39 is 0 Å². The van der Waals surface area contributed by atoms with E-state index in [1.54, 1.807) is 38.4 Å². The van der Waals surface area contributed by atoms with Crippen LogP contribution in [0.1, 0.15) is 35.2 Å². The van der Waals surface area contributed by atoms with Gasteiger partial charge in [-0.05, 0) is 43.0 Å².